The molecule has 3 aromatic rings. The number of methoxy groups -OCH3 is 1. The molecule has 0 aliphatic heterocycles. The fourth-order valence-corrected chi connectivity index (χ4v) is 3.03. The molecule has 3 aromatic carbocycles. The van der Waals surface area contributed by atoms with Crippen molar-refractivity contribution in [3.8, 4) is 11.5 Å². The minimum atomic E-state index is 0.147. The van der Waals surface area contributed by atoms with E-state index in [0.29, 0.717) is 0 Å². The summed E-state index contributed by atoms with van der Waals surface area (Å²) in [6.45, 7) is 5.60. The highest BCUT2D eigenvalue weighted by atomic mass is 16.5. The van der Waals surface area contributed by atoms with Gasteiger partial charge in [0.1, 0.15) is 11.5 Å². The molecule has 3 nitrogen and oxygen atoms in total. The van der Waals surface area contributed by atoms with Gasteiger partial charge in [0.05, 0.1) is 13.2 Å². The average Bonchev–Trinajstić information content (AvgIpc) is 2.63. The Morgan fingerprint density at radius 3 is 2.40 bits per heavy atom. The van der Waals surface area contributed by atoms with E-state index in [1.54, 1.807) is 7.11 Å². The Morgan fingerprint density at radius 2 is 1.60 bits per heavy atom. The Kier molecular flexibility index (Phi) is 5.56. The molecule has 0 bridgehead atoms. The number of hydrogen-bond acceptors (Lipinski definition) is 3. The molecule has 25 heavy (non-hydrogen) atoms. The maximum Gasteiger partial charge on any atom is 0.124 e. The van der Waals surface area contributed by atoms with E-state index in [9.17, 15) is 0 Å². The second-order valence-corrected chi connectivity index (χ2v) is 6.35. The molecule has 0 amide bonds. The average molecular weight is 335 g/mol. The molecule has 0 aliphatic rings. The number of rotatable bonds is 7. The molecule has 0 unspecified atom stereocenters. The van der Waals surface area contributed by atoms with E-state index in [2.05, 4.69) is 61.6 Å². The largest absolute Gasteiger partial charge is 0.496 e. The third-order valence-electron chi connectivity index (χ3n) is 4.17. The van der Waals surface area contributed by atoms with Crippen LogP contribution in [0.5, 0.6) is 11.5 Å². The standard InChI is InChI=1S/C22H25NO2/c1-16(2)25-22-13-12-17-8-4-6-10-19(17)20(22)15-23-14-18-9-5-7-11-21(18)24-3/h4-13,16,23H,14-15H2,1-3H3. The summed E-state index contributed by atoms with van der Waals surface area (Å²) in [6.07, 6.45) is 0.147. The van der Waals surface area contributed by atoms with E-state index < -0.39 is 0 Å². The van der Waals surface area contributed by atoms with Crippen LogP contribution >= 0.6 is 0 Å². The van der Waals surface area contributed by atoms with Gasteiger partial charge in [-0.15, -0.1) is 0 Å². The Balaban J connectivity index is 1.84. The number of hydrogen-bond donors (Lipinski definition) is 1. The summed E-state index contributed by atoms with van der Waals surface area (Å²) in [5, 5.41) is 6.00. The van der Waals surface area contributed by atoms with E-state index in [1.165, 1.54) is 16.3 Å². The first-order valence-corrected chi connectivity index (χ1v) is 8.69. The van der Waals surface area contributed by atoms with Gasteiger partial charge in [-0.25, -0.2) is 0 Å². The molecule has 0 atom stereocenters. The van der Waals surface area contributed by atoms with Crippen molar-refractivity contribution >= 4 is 10.8 Å². The molecular weight excluding hydrogens is 310 g/mol. The van der Waals surface area contributed by atoms with Crippen LogP contribution < -0.4 is 14.8 Å². The monoisotopic (exact) mass is 335 g/mol. The topological polar surface area (TPSA) is 30.5 Å². The van der Waals surface area contributed by atoms with E-state index >= 15 is 0 Å². The van der Waals surface area contributed by atoms with Gasteiger partial charge in [0, 0.05) is 24.2 Å². The van der Waals surface area contributed by atoms with Crippen LogP contribution in [-0.2, 0) is 13.1 Å². The van der Waals surface area contributed by atoms with Crippen molar-refractivity contribution in [2.75, 3.05) is 7.11 Å². The molecule has 0 radical (unpaired) electrons. The lowest BCUT2D eigenvalue weighted by molar-refractivity contribution is 0.240. The lowest BCUT2D eigenvalue weighted by atomic mass is 10.0. The summed E-state index contributed by atoms with van der Waals surface area (Å²) in [5.41, 5.74) is 2.35. The van der Waals surface area contributed by atoms with Crippen molar-refractivity contribution in [1.29, 1.82) is 0 Å². The zero-order valence-electron chi connectivity index (χ0n) is 15.1. The van der Waals surface area contributed by atoms with Gasteiger partial charge in [-0.1, -0.05) is 48.5 Å². The third kappa shape index (κ3) is 4.12. The van der Waals surface area contributed by atoms with Crippen LogP contribution in [0.1, 0.15) is 25.0 Å². The van der Waals surface area contributed by atoms with Crippen LogP contribution in [0.4, 0.5) is 0 Å². The van der Waals surface area contributed by atoms with Crippen molar-refractivity contribution in [3.05, 3.63) is 71.8 Å². The Hall–Kier alpha value is -2.52. The quantitative estimate of drug-likeness (QED) is 0.664. The third-order valence-corrected chi connectivity index (χ3v) is 4.17. The van der Waals surface area contributed by atoms with E-state index in [4.69, 9.17) is 9.47 Å². The van der Waals surface area contributed by atoms with Gasteiger partial charge < -0.3 is 14.8 Å². The SMILES string of the molecule is COc1ccccc1CNCc1c(OC(C)C)ccc2ccccc12. The van der Waals surface area contributed by atoms with Gasteiger partial charge in [-0.2, -0.15) is 0 Å². The van der Waals surface area contributed by atoms with E-state index in [0.717, 1.165) is 30.2 Å². The van der Waals surface area contributed by atoms with Crippen LogP contribution in [0.2, 0.25) is 0 Å². The molecule has 130 valence electrons. The van der Waals surface area contributed by atoms with Gasteiger partial charge in [-0.3, -0.25) is 0 Å². The summed E-state index contributed by atoms with van der Waals surface area (Å²) in [6, 6.07) is 20.7. The zero-order valence-corrected chi connectivity index (χ0v) is 15.1. The van der Waals surface area contributed by atoms with Gasteiger partial charge in [0.25, 0.3) is 0 Å². The van der Waals surface area contributed by atoms with Crippen molar-refractivity contribution < 1.29 is 9.47 Å². The molecule has 1 N–H and O–H groups in total. The fourth-order valence-electron chi connectivity index (χ4n) is 3.03. The second kappa shape index (κ2) is 8.04. The zero-order chi connectivity index (χ0) is 17.6. The summed E-state index contributed by atoms with van der Waals surface area (Å²) in [7, 11) is 1.71. The first kappa shape index (κ1) is 17.3. The van der Waals surface area contributed by atoms with Crippen molar-refractivity contribution in [3.63, 3.8) is 0 Å². The summed E-state index contributed by atoms with van der Waals surface area (Å²) in [4.78, 5) is 0. The molecule has 0 aromatic heterocycles. The van der Waals surface area contributed by atoms with Gasteiger partial charge in [0.15, 0.2) is 0 Å². The number of benzene rings is 3. The number of fused-ring (bicyclic) bond motifs is 1. The minimum absolute atomic E-state index is 0.147. The molecule has 0 saturated heterocycles. The summed E-state index contributed by atoms with van der Waals surface area (Å²) < 4.78 is 11.5. The molecule has 3 heteroatoms. The fraction of sp³-hybridized carbons (Fsp3) is 0.273. The smallest absolute Gasteiger partial charge is 0.124 e. The van der Waals surface area contributed by atoms with Crippen LogP contribution in [0.25, 0.3) is 10.8 Å². The first-order chi connectivity index (χ1) is 12.2. The highest BCUT2D eigenvalue weighted by molar-refractivity contribution is 5.87. The molecule has 0 heterocycles. The highest BCUT2D eigenvalue weighted by Gasteiger charge is 2.10. The van der Waals surface area contributed by atoms with Crippen LogP contribution in [0.3, 0.4) is 0 Å². The summed E-state index contributed by atoms with van der Waals surface area (Å²) in [5.74, 6) is 1.85. The first-order valence-electron chi connectivity index (χ1n) is 8.69. The molecule has 0 spiro atoms. The van der Waals surface area contributed by atoms with Gasteiger partial charge in [-0.05, 0) is 36.8 Å². The van der Waals surface area contributed by atoms with E-state index in [1.807, 2.05) is 18.2 Å². The predicted molar refractivity (Wildman–Crippen MR) is 103 cm³/mol. The molecular formula is C22H25NO2. The van der Waals surface area contributed by atoms with Crippen molar-refractivity contribution in [2.45, 2.75) is 33.0 Å². The second-order valence-electron chi connectivity index (χ2n) is 6.35. The molecule has 0 aliphatic carbocycles. The van der Waals surface area contributed by atoms with E-state index in [-0.39, 0.29) is 6.10 Å². The van der Waals surface area contributed by atoms with Crippen molar-refractivity contribution in [1.82, 2.24) is 5.32 Å². The maximum absolute atomic E-state index is 6.04. The maximum atomic E-state index is 6.04. The van der Waals surface area contributed by atoms with Crippen molar-refractivity contribution in [2.24, 2.45) is 0 Å². The van der Waals surface area contributed by atoms with Crippen LogP contribution in [0.15, 0.2) is 60.7 Å². The summed E-state index contributed by atoms with van der Waals surface area (Å²) >= 11 is 0. The number of nitrogens with one attached hydrogen (secondary N) is 1. The Morgan fingerprint density at radius 1 is 0.840 bits per heavy atom. The lowest BCUT2D eigenvalue weighted by Gasteiger charge is -2.17. The number of ether oxygens (including phenoxy) is 2. The highest BCUT2D eigenvalue weighted by Crippen LogP contribution is 2.29. The lowest BCUT2D eigenvalue weighted by Crippen LogP contribution is -2.16. The normalized spacial score (nSPS) is 11.0. The number of para-hydroxylation sites is 1. The molecule has 0 saturated carbocycles. The predicted octanol–water partition coefficient (Wildman–Crippen LogP) is 4.93. The molecule has 3 rings (SSSR count). The molecule has 0 fully saturated rings. The Labute approximate surface area is 149 Å². The van der Waals surface area contributed by atoms with Gasteiger partial charge in [0.2, 0.25) is 0 Å². The Bertz CT molecular complexity index is 842. The minimum Gasteiger partial charge on any atom is -0.496 e. The van der Waals surface area contributed by atoms with Crippen LogP contribution in [-0.4, -0.2) is 13.2 Å². The van der Waals surface area contributed by atoms with Crippen LogP contribution in [0, 0.1) is 0 Å². The van der Waals surface area contributed by atoms with Gasteiger partial charge >= 0.3 is 0 Å².